The lowest BCUT2D eigenvalue weighted by Crippen LogP contribution is -2.27. The predicted molar refractivity (Wildman–Crippen MR) is 129 cm³/mol. The number of rotatable bonds is 8. The van der Waals surface area contributed by atoms with Crippen LogP contribution in [0.5, 0.6) is 11.5 Å². The molecule has 1 amide bonds. The lowest BCUT2D eigenvalue weighted by atomic mass is 10.1. The molecule has 2 N–H and O–H groups in total. The first-order valence-corrected chi connectivity index (χ1v) is 11.9. The van der Waals surface area contributed by atoms with Crippen LogP contribution in [0.2, 0.25) is 0 Å². The van der Waals surface area contributed by atoms with E-state index in [4.69, 9.17) is 9.47 Å². The van der Waals surface area contributed by atoms with E-state index in [2.05, 4.69) is 10.0 Å². The van der Waals surface area contributed by atoms with Gasteiger partial charge in [-0.2, -0.15) is 0 Å². The largest absolute Gasteiger partial charge is 0.493 e. The van der Waals surface area contributed by atoms with E-state index in [0.29, 0.717) is 22.7 Å². The Morgan fingerprint density at radius 1 is 0.909 bits per heavy atom. The second kappa shape index (κ2) is 9.95. The Kier molecular flexibility index (Phi) is 7.28. The molecule has 0 saturated heterocycles. The average molecular weight is 469 g/mol. The Labute approximate surface area is 194 Å². The fraction of sp³-hybridized carbons (Fsp3) is 0.240. The minimum absolute atomic E-state index is 0.0513. The lowest BCUT2D eigenvalue weighted by Gasteiger charge is -2.17. The molecule has 3 aromatic carbocycles. The molecule has 0 aliphatic carbocycles. The third-order valence-electron chi connectivity index (χ3n) is 5.27. The van der Waals surface area contributed by atoms with Crippen molar-refractivity contribution in [2.45, 2.75) is 31.7 Å². The lowest BCUT2D eigenvalue weighted by molar-refractivity contribution is 0.0939. The molecule has 3 aromatic rings. The van der Waals surface area contributed by atoms with Gasteiger partial charge in [-0.1, -0.05) is 24.3 Å². The monoisotopic (exact) mass is 468 g/mol. The van der Waals surface area contributed by atoms with E-state index < -0.39 is 10.0 Å². The number of ether oxygens (including phenoxy) is 2. The minimum Gasteiger partial charge on any atom is -0.493 e. The maximum Gasteiger partial charge on any atom is 0.262 e. The van der Waals surface area contributed by atoms with Gasteiger partial charge in [0.1, 0.15) is 0 Å². The van der Waals surface area contributed by atoms with E-state index in [-0.39, 0.29) is 22.4 Å². The van der Waals surface area contributed by atoms with Crippen molar-refractivity contribution in [2.24, 2.45) is 0 Å². The molecule has 0 unspecified atom stereocenters. The third kappa shape index (κ3) is 5.64. The highest BCUT2D eigenvalue weighted by Crippen LogP contribution is 2.30. The summed E-state index contributed by atoms with van der Waals surface area (Å²) in [6.07, 6.45) is 0. The SMILES string of the molecule is COc1ccc([C@H](C)NC(=O)c2ccc(C)c(S(=O)(=O)Nc3cccc(C)c3)c2)cc1OC. The van der Waals surface area contributed by atoms with Crippen LogP contribution < -0.4 is 19.5 Å². The topological polar surface area (TPSA) is 93.7 Å². The van der Waals surface area contributed by atoms with Crippen LogP contribution in [0.15, 0.2) is 65.6 Å². The van der Waals surface area contributed by atoms with Gasteiger partial charge >= 0.3 is 0 Å². The summed E-state index contributed by atoms with van der Waals surface area (Å²) >= 11 is 0. The van der Waals surface area contributed by atoms with Crippen molar-refractivity contribution in [2.75, 3.05) is 18.9 Å². The summed E-state index contributed by atoms with van der Waals surface area (Å²) in [4.78, 5) is 13.0. The Hall–Kier alpha value is -3.52. The summed E-state index contributed by atoms with van der Waals surface area (Å²) in [6.45, 7) is 5.41. The van der Waals surface area contributed by atoms with Crippen molar-refractivity contribution in [3.05, 3.63) is 82.9 Å². The molecule has 7 nitrogen and oxygen atoms in total. The molecule has 174 valence electrons. The van der Waals surface area contributed by atoms with Crippen LogP contribution in [0.3, 0.4) is 0 Å². The van der Waals surface area contributed by atoms with Crippen molar-refractivity contribution in [1.29, 1.82) is 0 Å². The third-order valence-corrected chi connectivity index (χ3v) is 6.79. The highest BCUT2D eigenvalue weighted by molar-refractivity contribution is 7.92. The normalized spacial score (nSPS) is 12.0. The molecule has 33 heavy (non-hydrogen) atoms. The molecule has 8 heteroatoms. The second-order valence-electron chi connectivity index (χ2n) is 7.76. The first kappa shape index (κ1) is 24.1. The molecular formula is C25H28N2O5S. The van der Waals surface area contributed by atoms with E-state index in [1.165, 1.54) is 6.07 Å². The number of carbonyl (C=O) groups excluding carboxylic acids is 1. The zero-order valence-electron chi connectivity index (χ0n) is 19.3. The fourth-order valence-electron chi connectivity index (χ4n) is 3.43. The van der Waals surface area contributed by atoms with Crippen LogP contribution in [-0.4, -0.2) is 28.5 Å². The second-order valence-corrected chi connectivity index (χ2v) is 9.42. The molecule has 0 saturated carbocycles. The predicted octanol–water partition coefficient (Wildman–Crippen LogP) is 4.61. The zero-order chi connectivity index (χ0) is 24.2. The molecule has 1 atom stereocenters. The summed E-state index contributed by atoms with van der Waals surface area (Å²) in [6, 6.07) is 16.8. The van der Waals surface area contributed by atoms with Gasteiger partial charge in [0.25, 0.3) is 15.9 Å². The van der Waals surface area contributed by atoms with Gasteiger partial charge in [-0.15, -0.1) is 0 Å². The maximum absolute atomic E-state index is 13.0. The van der Waals surface area contributed by atoms with E-state index >= 15 is 0 Å². The molecule has 3 rings (SSSR count). The van der Waals surface area contributed by atoms with Crippen LogP contribution in [0, 0.1) is 13.8 Å². The Bertz CT molecular complexity index is 1270. The summed E-state index contributed by atoms with van der Waals surface area (Å²) in [5.74, 6) is 0.764. The summed E-state index contributed by atoms with van der Waals surface area (Å²) in [5, 5.41) is 2.91. The van der Waals surface area contributed by atoms with Gasteiger partial charge in [0, 0.05) is 11.3 Å². The van der Waals surface area contributed by atoms with Gasteiger partial charge in [-0.3, -0.25) is 9.52 Å². The number of sulfonamides is 1. The van der Waals surface area contributed by atoms with E-state index in [1.807, 2.05) is 26.0 Å². The van der Waals surface area contributed by atoms with Crippen LogP contribution in [0.25, 0.3) is 0 Å². The van der Waals surface area contributed by atoms with Gasteiger partial charge in [0.15, 0.2) is 11.5 Å². The number of benzene rings is 3. The van der Waals surface area contributed by atoms with Crippen molar-refractivity contribution in [1.82, 2.24) is 5.32 Å². The number of amides is 1. The first-order chi connectivity index (χ1) is 15.6. The fourth-order valence-corrected chi connectivity index (χ4v) is 4.76. The average Bonchev–Trinajstić information content (AvgIpc) is 2.78. The van der Waals surface area contributed by atoms with Gasteiger partial charge in [0.2, 0.25) is 0 Å². The minimum atomic E-state index is -3.87. The van der Waals surface area contributed by atoms with Crippen LogP contribution in [-0.2, 0) is 10.0 Å². The summed E-state index contributed by atoms with van der Waals surface area (Å²) < 4.78 is 39.2. The van der Waals surface area contributed by atoms with Crippen molar-refractivity contribution >= 4 is 21.6 Å². The van der Waals surface area contributed by atoms with Crippen molar-refractivity contribution in [3.63, 3.8) is 0 Å². The van der Waals surface area contributed by atoms with Crippen LogP contribution in [0.1, 0.15) is 40.0 Å². The summed E-state index contributed by atoms with van der Waals surface area (Å²) in [5.41, 5.74) is 3.01. The highest BCUT2D eigenvalue weighted by atomic mass is 32.2. The Morgan fingerprint density at radius 2 is 1.64 bits per heavy atom. The molecule has 0 aliphatic rings. The number of hydrogen-bond donors (Lipinski definition) is 2. The maximum atomic E-state index is 13.0. The van der Waals surface area contributed by atoms with Crippen LogP contribution >= 0.6 is 0 Å². The quantitative estimate of drug-likeness (QED) is 0.503. The smallest absolute Gasteiger partial charge is 0.262 e. The standard InChI is InChI=1S/C25H28N2O5S/c1-16-7-6-8-21(13-16)27-33(29,30)24-15-20(10-9-17(24)2)25(28)26-18(3)19-11-12-22(31-4)23(14-19)32-5/h6-15,18,27H,1-5H3,(H,26,28)/t18-/m0/s1. The number of aryl methyl sites for hydroxylation is 2. The Balaban J connectivity index is 1.83. The molecule has 0 fully saturated rings. The van der Waals surface area contributed by atoms with Gasteiger partial charge in [0.05, 0.1) is 25.2 Å². The van der Waals surface area contributed by atoms with E-state index in [9.17, 15) is 13.2 Å². The zero-order valence-corrected chi connectivity index (χ0v) is 20.1. The Morgan fingerprint density at radius 3 is 2.30 bits per heavy atom. The number of anilines is 1. The number of hydrogen-bond acceptors (Lipinski definition) is 5. The van der Waals surface area contributed by atoms with Crippen molar-refractivity contribution < 1.29 is 22.7 Å². The van der Waals surface area contributed by atoms with Gasteiger partial charge < -0.3 is 14.8 Å². The molecule has 0 radical (unpaired) electrons. The van der Waals surface area contributed by atoms with Crippen molar-refractivity contribution in [3.8, 4) is 11.5 Å². The first-order valence-electron chi connectivity index (χ1n) is 10.4. The number of carbonyl (C=O) groups is 1. The van der Waals surface area contributed by atoms with Gasteiger partial charge in [-0.25, -0.2) is 8.42 Å². The molecule has 0 bridgehead atoms. The molecular weight excluding hydrogens is 440 g/mol. The van der Waals surface area contributed by atoms with E-state index in [1.54, 1.807) is 63.6 Å². The number of methoxy groups -OCH3 is 2. The molecule has 0 spiro atoms. The highest BCUT2D eigenvalue weighted by Gasteiger charge is 2.21. The molecule has 0 heterocycles. The van der Waals surface area contributed by atoms with Crippen LogP contribution in [0.4, 0.5) is 5.69 Å². The molecule has 0 aliphatic heterocycles. The summed E-state index contributed by atoms with van der Waals surface area (Å²) in [7, 11) is -0.774. The van der Waals surface area contributed by atoms with E-state index in [0.717, 1.165) is 11.1 Å². The van der Waals surface area contributed by atoms with Gasteiger partial charge in [-0.05, 0) is 73.9 Å². The molecule has 0 aromatic heterocycles. The number of nitrogens with one attached hydrogen (secondary N) is 2.